The average Bonchev–Trinajstić information content (AvgIpc) is 2.32. The normalized spacial score (nSPS) is 18.4. The summed E-state index contributed by atoms with van der Waals surface area (Å²) < 4.78 is 10.8. The van der Waals surface area contributed by atoms with Crippen molar-refractivity contribution >= 4 is 6.08 Å². The second-order valence-corrected chi connectivity index (χ2v) is 3.42. The third kappa shape index (κ3) is 3.46. The molecule has 3 nitrogen and oxygen atoms in total. The SMILES string of the molecule is C(=C\c1ccccn1)/CC1OCCCO1. The molecule has 0 radical (unpaired) electrons. The summed E-state index contributed by atoms with van der Waals surface area (Å²) in [5, 5.41) is 0. The molecular formula is C12H15NO2. The van der Waals surface area contributed by atoms with Gasteiger partial charge in [-0.2, -0.15) is 0 Å². The van der Waals surface area contributed by atoms with E-state index >= 15 is 0 Å². The predicted molar refractivity (Wildman–Crippen MR) is 58.2 cm³/mol. The monoisotopic (exact) mass is 205 g/mol. The summed E-state index contributed by atoms with van der Waals surface area (Å²) in [4.78, 5) is 4.19. The van der Waals surface area contributed by atoms with Crippen molar-refractivity contribution in [2.24, 2.45) is 0 Å². The fraction of sp³-hybridized carbons (Fsp3) is 0.417. The molecule has 0 aromatic carbocycles. The summed E-state index contributed by atoms with van der Waals surface area (Å²) >= 11 is 0. The minimum Gasteiger partial charge on any atom is -0.352 e. The highest BCUT2D eigenvalue weighted by atomic mass is 16.7. The first-order valence-electron chi connectivity index (χ1n) is 5.26. The molecule has 0 spiro atoms. The van der Waals surface area contributed by atoms with Gasteiger partial charge in [-0.25, -0.2) is 0 Å². The largest absolute Gasteiger partial charge is 0.352 e. The number of hydrogen-bond donors (Lipinski definition) is 0. The Morgan fingerprint density at radius 3 is 2.93 bits per heavy atom. The van der Waals surface area contributed by atoms with Crippen molar-refractivity contribution in [2.45, 2.75) is 19.1 Å². The van der Waals surface area contributed by atoms with Crippen LogP contribution in [0.5, 0.6) is 0 Å². The highest BCUT2D eigenvalue weighted by Gasteiger charge is 2.11. The summed E-state index contributed by atoms with van der Waals surface area (Å²) in [6, 6.07) is 5.85. The summed E-state index contributed by atoms with van der Waals surface area (Å²) in [7, 11) is 0. The van der Waals surface area contributed by atoms with Gasteiger partial charge in [0.05, 0.1) is 18.9 Å². The van der Waals surface area contributed by atoms with E-state index in [1.165, 1.54) is 0 Å². The Morgan fingerprint density at radius 1 is 1.33 bits per heavy atom. The molecule has 15 heavy (non-hydrogen) atoms. The Morgan fingerprint density at radius 2 is 2.20 bits per heavy atom. The van der Waals surface area contributed by atoms with Gasteiger partial charge < -0.3 is 9.47 Å². The van der Waals surface area contributed by atoms with Crippen LogP contribution in [0, 0.1) is 0 Å². The first kappa shape index (κ1) is 10.3. The van der Waals surface area contributed by atoms with Crippen LogP contribution < -0.4 is 0 Å². The molecule has 1 aliphatic rings. The zero-order valence-corrected chi connectivity index (χ0v) is 8.63. The van der Waals surface area contributed by atoms with E-state index in [9.17, 15) is 0 Å². The van der Waals surface area contributed by atoms with Crippen LogP contribution in [0.3, 0.4) is 0 Å². The number of rotatable bonds is 3. The van der Waals surface area contributed by atoms with Gasteiger partial charge in [-0.05, 0) is 24.6 Å². The molecule has 0 bridgehead atoms. The van der Waals surface area contributed by atoms with E-state index in [0.717, 1.165) is 31.7 Å². The number of hydrogen-bond acceptors (Lipinski definition) is 3. The van der Waals surface area contributed by atoms with Gasteiger partial charge in [0, 0.05) is 12.6 Å². The molecule has 1 fully saturated rings. The van der Waals surface area contributed by atoms with Crippen LogP contribution in [0.4, 0.5) is 0 Å². The zero-order valence-electron chi connectivity index (χ0n) is 8.63. The van der Waals surface area contributed by atoms with Crippen molar-refractivity contribution in [1.82, 2.24) is 4.98 Å². The maximum Gasteiger partial charge on any atom is 0.160 e. The lowest BCUT2D eigenvalue weighted by Crippen LogP contribution is -2.23. The molecule has 2 rings (SSSR count). The molecule has 0 atom stereocenters. The van der Waals surface area contributed by atoms with Crippen LogP contribution in [0.15, 0.2) is 30.5 Å². The lowest BCUT2D eigenvalue weighted by Gasteiger charge is -2.21. The zero-order chi connectivity index (χ0) is 10.3. The lowest BCUT2D eigenvalue weighted by atomic mass is 10.3. The Hall–Kier alpha value is -1.19. The molecule has 1 aromatic rings. The molecule has 1 saturated heterocycles. The summed E-state index contributed by atoms with van der Waals surface area (Å²) in [5.74, 6) is 0. The van der Waals surface area contributed by atoms with E-state index in [-0.39, 0.29) is 6.29 Å². The maximum absolute atomic E-state index is 5.42. The molecule has 80 valence electrons. The molecule has 0 amide bonds. The van der Waals surface area contributed by atoms with Gasteiger partial charge in [0.2, 0.25) is 0 Å². The Bertz CT molecular complexity index is 305. The molecule has 2 heterocycles. The minimum atomic E-state index is -0.0706. The second-order valence-electron chi connectivity index (χ2n) is 3.42. The predicted octanol–water partition coefficient (Wildman–Crippen LogP) is 2.25. The summed E-state index contributed by atoms with van der Waals surface area (Å²) in [5.41, 5.74) is 0.966. The standard InChI is InChI=1S/C12H15NO2/c1-2-8-13-11(5-1)6-3-7-12-14-9-4-10-15-12/h1-3,5-6,8,12H,4,7,9-10H2/b6-3+. The van der Waals surface area contributed by atoms with Crippen LogP contribution in [-0.4, -0.2) is 24.5 Å². The maximum atomic E-state index is 5.42. The summed E-state index contributed by atoms with van der Waals surface area (Å²) in [6.07, 6.45) is 7.53. The number of aromatic nitrogens is 1. The fourth-order valence-electron chi connectivity index (χ4n) is 1.45. The van der Waals surface area contributed by atoms with E-state index in [2.05, 4.69) is 4.98 Å². The molecule has 0 N–H and O–H groups in total. The Labute approximate surface area is 89.7 Å². The smallest absolute Gasteiger partial charge is 0.160 e. The first-order valence-corrected chi connectivity index (χ1v) is 5.26. The van der Waals surface area contributed by atoms with Crippen molar-refractivity contribution in [1.29, 1.82) is 0 Å². The summed E-state index contributed by atoms with van der Waals surface area (Å²) in [6.45, 7) is 1.62. The Kier molecular flexibility index (Phi) is 3.88. The third-order valence-electron chi connectivity index (χ3n) is 2.20. The van der Waals surface area contributed by atoms with Gasteiger partial charge in [-0.3, -0.25) is 4.98 Å². The van der Waals surface area contributed by atoms with Gasteiger partial charge in [-0.15, -0.1) is 0 Å². The molecule has 1 aromatic heterocycles. The van der Waals surface area contributed by atoms with Gasteiger partial charge in [-0.1, -0.05) is 12.1 Å². The minimum absolute atomic E-state index is 0.0706. The quantitative estimate of drug-likeness (QED) is 0.758. The number of pyridine rings is 1. The van der Waals surface area contributed by atoms with Crippen molar-refractivity contribution in [3.05, 3.63) is 36.2 Å². The molecule has 0 unspecified atom stereocenters. The number of ether oxygens (including phenoxy) is 2. The third-order valence-corrected chi connectivity index (χ3v) is 2.20. The molecule has 0 saturated carbocycles. The van der Waals surface area contributed by atoms with Crippen LogP contribution >= 0.6 is 0 Å². The van der Waals surface area contributed by atoms with Crippen LogP contribution in [-0.2, 0) is 9.47 Å². The lowest BCUT2D eigenvalue weighted by molar-refractivity contribution is -0.175. The van der Waals surface area contributed by atoms with Crippen molar-refractivity contribution < 1.29 is 9.47 Å². The van der Waals surface area contributed by atoms with Gasteiger partial charge in [0.25, 0.3) is 0 Å². The highest BCUT2D eigenvalue weighted by Crippen LogP contribution is 2.09. The van der Waals surface area contributed by atoms with Gasteiger partial charge in [0.15, 0.2) is 6.29 Å². The van der Waals surface area contributed by atoms with Gasteiger partial charge >= 0.3 is 0 Å². The van der Waals surface area contributed by atoms with E-state index in [1.54, 1.807) is 6.20 Å². The van der Waals surface area contributed by atoms with Crippen LogP contribution in [0.25, 0.3) is 6.08 Å². The van der Waals surface area contributed by atoms with Gasteiger partial charge in [0.1, 0.15) is 0 Å². The fourth-order valence-corrected chi connectivity index (χ4v) is 1.45. The van der Waals surface area contributed by atoms with E-state index in [0.29, 0.717) is 0 Å². The average molecular weight is 205 g/mol. The first-order chi connectivity index (χ1) is 7.45. The second kappa shape index (κ2) is 5.63. The van der Waals surface area contributed by atoms with Crippen molar-refractivity contribution in [3.8, 4) is 0 Å². The van der Waals surface area contributed by atoms with Crippen molar-refractivity contribution in [3.63, 3.8) is 0 Å². The van der Waals surface area contributed by atoms with Crippen molar-refractivity contribution in [2.75, 3.05) is 13.2 Å². The molecule has 0 aliphatic carbocycles. The molecule has 1 aliphatic heterocycles. The highest BCUT2D eigenvalue weighted by molar-refractivity contribution is 5.43. The molecular weight excluding hydrogens is 190 g/mol. The topological polar surface area (TPSA) is 31.4 Å². The van der Waals surface area contributed by atoms with E-state index < -0.39 is 0 Å². The van der Waals surface area contributed by atoms with Crippen LogP contribution in [0.2, 0.25) is 0 Å². The van der Waals surface area contributed by atoms with Crippen LogP contribution in [0.1, 0.15) is 18.5 Å². The Balaban J connectivity index is 1.79. The van der Waals surface area contributed by atoms with E-state index in [1.807, 2.05) is 30.4 Å². The number of nitrogens with zero attached hydrogens (tertiary/aromatic N) is 1. The van der Waals surface area contributed by atoms with E-state index in [4.69, 9.17) is 9.47 Å². The molecule has 3 heteroatoms.